The molecule has 0 aliphatic heterocycles. The molecular weight excluding hydrogens is 304 g/mol. The van der Waals surface area contributed by atoms with Gasteiger partial charge >= 0.3 is 5.97 Å². The Morgan fingerprint density at radius 1 is 1.32 bits per heavy atom. The highest BCUT2D eigenvalue weighted by atomic mass is 32.2. The van der Waals surface area contributed by atoms with Gasteiger partial charge in [0, 0.05) is 16.6 Å². The Hall–Kier alpha value is -2.02. The van der Waals surface area contributed by atoms with Crippen LogP contribution in [0.1, 0.15) is 42.2 Å². The van der Waals surface area contributed by atoms with Gasteiger partial charge in [-0.05, 0) is 37.1 Å². The Bertz CT molecular complexity index is 793. The second kappa shape index (κ2) is 6.39. The van der Waals surface area contributed by atoms with Crippen molar-refractivity contribution >= 4 is 32.6 Å². The van der Waals surface area contributed by atoms with Gasteiger partial charge in [-0.25, -0.2) is 13.2 Å². The molecule has 0 saturated heterocycles. The van der Waals surface area contributed by atoms with E-state index in [0.29, 0.717) is 28.6 Å². The van der Waals surface area contributed by atoms with E-state index in [1.807, 2.05) is 6.92 Å². The molecule has 7 heteroatoms. The smallest absolute Gasteiger partial charge is 0.352 e. The Morgan fingerprint density at radius 3 is 2.68 bits per heavy atom. The first-order valence-electron chi connectivity index (χ1n) is 7.20. The quantitative estimate of drug-likeness (QED) is 0.681. The Labute approximate surface area is 129 Å². The number of rotatable bonds is 7. The first-order valence-corrected chi connectivity index (χ1v) is 8.85. The standard InChI is InChI=1S/C15H20N2O4S/c1-3-4-5-8-22(20,21)17-11-6-7-13-12(9-11)10(2)14(16-13)15(18)19/h6-7,9,16-17H,3-5,8H2,1-2H3,(H,18,19). The van der Waals surface area contributed by atoms with Gasteiger partial charge in [-0.1, -0.05) is 19.8 Å². The van der Waals surface area contributed by atoms with Crippen molar-refractivity contribution in [3.05, 3.63) is 29.5 Å². The average molecular weight is 324 g/mol. The summed E-state index contributed by atoms with van der Waals surface area (Å²) in [7, 11) is -3.37. The summed E-state index contributed by atoms with van der Waals surface area (Å²) in [6.07, 6.45) is 2.46. The fraction of sp³-hybridized carbons (Fsp3) is 0.400. The summed E-state index contributed by atoms with van der Waals surface area (Å²) in [4.78, 5) is 13.9. The van der Waals surface area contributed by atoms with Crippen LogP contribution < -0.4 is 4.72 Å². The van der Waals surface area contributed by atoms with Gasteiger partial charge in [0.2, 0.25) is 10.0 Å². The number of H-pyrrole nitrogens is 1. The third-order valence-electron chi connectivity index (χ3n) is 3.56. The van der Waals surface area contributed by atoms with Crippen LogP contribution in [-0.4, -0.2) is 30.2 Å². The SMILES string of the molecule is CCCCCS(=O)(=O)Nc1ccc2[nH]c(C(=O)O)c(C)c2c1. The molecule has 1 heterocycles. The van der Waals surface area contributed by atoms with Crippen LogP contribution in [0, 0.1) is 6.92 Å². The predicted molar refractivity (Wildman–Crippen MR) is 86.9 cm³/mol. The highest BCUT2D eigenvalue weighted by molar-refractivity contribution is 7.92. The van der Waals surface area contributed by atoms with E-state index in [2.05, 4.69) is 9.71 Å². The number of carboxylic acids is 1. The van der Waals surface area contributed by atoms with Crippen molar-refractivity contribution in [3.63, 3.8) is 0 Å². The number of fused-ring (bicyclic) bond motifs is 1. The molecule has 0 unspecified atom stereocenters. The molecule has 1 aromatic carbocycles. The van der Waals surface area contributed by atoms with Crippen molar-refractivity contribution in [3.8, 4) is 0 Å². The van der Waals surface area contributed by atoms with Gasteiger partial charge in [-0.3, -0.25) is 4.72 Å². The zero-order chi connectivity index (χ0) is 16.3. The summed E-state index contributed by atoms with van der Waals surface area (Å²) in [5.41, 5.74) is 1.83. The van der Waals surface area contributed by atoms with Crippen LogP contribution in [0.15, 0.2) is 18.2 Å². The van der Waals surface area contributed by atoms with E-state index in [9.17, 15) is 13.2 Å². The normalized spacial score (nSPS) is 11.7. The minimum atomic E-state index is -3.37. The third-order valence-corrected chi connectivity index (χ3v) is 4.93. The number of aromatic nitrogens is 1. The van der Waals surface area contributed by atoms with Gasteiger partial charge < -0.3 is 10.1 Å². The first-order chi connectivity index (χ1) is 10.3. The topological polar surface area (TPSA) is 99.3 Å². The van der Waals surface area contributed by atoms with Gasteiger partial charge in [-0.15, -0.1) is 0 Å². The molecule has 120 valence electrons. The molecule has 0 saturated carbocycles. The van der Waals surface area contributed by atoms with Crippen LogP contribution in [0.3, 0.4) is 0 Å². The van der Waals surface area contributed by atoms with Crippen LogP contribution in [0.25, 0.3) is 10.9 Å². The second-order valence-corrected chi connectivity index (χ2v) is 7.16. The number of carboxylic acid groups (broad SMARTS) is 1. The number of hydrogen-bond acceptors (Lipinski definition) is 3. The number of aromatic carboxylic acids is 1. The molecule has 0 aliphatic rings. The molecule has 0 bridgehead atoms. The molecule has 1 aromatic heterocycles. The number of aromatic amines is 1. The van der Waals surface area contributed by atoms with Crippen LogP contribution in [-0.2, 0) is 10.0 Å². The second-order valence-electron chi connectivity index (χ2n) is 5.32. The number of unbranched alkanes of at least 4 members (excludes halogenated alkanes) is 2. The van der Waals surface area contributed by atoms with E-state index in [-0.39, 0.29) is 11.4 Å². The van der Waals surface area contributed by atoms with Gasteiger partial charge in [-0.2, -0.15) is 0 Å². The van der Waals surface area contributed by atoms with E-state index in [0.717, 1.165) is 12.8 Å². The fourth-order valence-electron chi connectivity index (χ4n) is 2.38. The highest BCUT2D eigenvalue weighted by Crippen LogP contribution is 2.25. The Kier molecular flexibility index (Phi) is 4.75. The lowest BCUT2D eigenvalue weighted by molar-refractivity contribution is 0.0690. The minimum absolute atomic E-state index is 0.0887. The zero-order valence-electron chi connectivity index (χ0n) is 12.6. The van der Waals surface area contributed by atoms with Gasteiger partial charge in [0.15, 0.2) is 0 Å². The zero-order valence-corrected chi connectivity index (χ0v) is 13.5. The number of nitrogens with one attached hydrogen (secondary N) is 2. The monoisotopic (exact) mass is 324 g/mol. The maximum absolute atomic E-state index is 12.0. The van der Waals surface area contributed by atoms with Crippen LogP contribution in [0.4, 0.5) is 5.69 Å². The molecule has 0 amide bonds. The lowest BCUT2D eigenvalue weighted by atomic mass is 10.1. The van der Waals surface area contributed by atoms with E-state index < -0.39 is 16.0 Å². The van der Waals surface area contributed by atoms with Crippen molar-refractivity contribution in [2.45, 2.75) is 33.1 Å². The van der Waals surface area contributed by atoms with Crippen molar-refractivity contribution in [1.82, 2.24) is 4.98 Å². The van der Waals surface area contributed by atoms with E-state index >= 15 is 0 Å². The number of sulfonamides is 1. The molecule has 0 fully saturated rings. The molecule has 0 aliphatic carbocycles. The summed E-state index contributed by atoms with van der Waals surface area (Å²) in [6, 6.07) is 4.96. The number of benzene rings is 1. The number of aryl methyl sites for hydroxylation is 1. The summed E-state index contributed by atoms with van der Waals surface area (Å²) in [6.45, 7) is 3.71. The molecule has 0 spiro atoms. The average Bonchev–Trinajstić information content (AvgIpc) is 2.76. The van der Waals surface area contributed by atoms with Crippen LogP contribution in [0.5, 0.6) is 0 Å². The van der Waals surface area contributed by atoms with Gasteiger partial charge in [0.25, 0.3) is 0 Å². The van der Waals surface area contributed by atoms with Crippen molar-refractivity contribution in [1.29, 1.82) is 0 Å². The van der Waals surface area contributed by atoms with E-state index in [1.54, 1.807) is 25.1 Å². The lowest BCUT2D eigenvalue weighted by Gasteiger charge is -2.08. The summed E-state index contributed by atoms with van der Waals surface area (Å²) in [5, 5.41) is 9.80. The summed E-state index contributed by atoms with van der Waals surface area (Å²) >= 11 is 0. The first kappa shape index (κ1) is 16.4. The maximum Gasteiger partial charge on any atom is 0.352 e. The summed E-state index contributed by atoms with van der Waals surface area (Å²) in [5.74, 6) is -0.943. The maximum atomic E-state index is 12.0. The number of anilines is 1. The molecule has 0 atom stereocenters. The van der Waals surface area contributed by atoms with Crippen LogP contribution >= 0.6 is 0 Å². The van der Waals surface area contributed by atoms with E-state index in [1.165, 1.54) is 0 Å². The predicted octanol–water partition coefficient (Wildman–Crippen LogP) is 3.11. The van der Waals surface area contributed by atoms with Crippen molar-refractivity contribution < 1.29 is 18.3 Å². The molecular formula is C15H20N2O4S. The van der Waals surface area contributed by atoms with E-state index in [4.69, 9.17) is 5.11 Å². The molecule has 2 rings (SSSR count). The van der Waals surface area contributed by atoms with Gasteiger partial charge in [0.1, 0.15) is 5.69 Å². The summed E-state index contributed by atoms with van der Waals surface area (Å²) < 4.78 is 26.5. The molecule has 0 radical (unpaired) electrons. The third kappa shape index (κ3) is 3.59. The number of hydrogen-bond donors (Lipinski definition) is 3. The van der Waals surface area contributed by atoms with Crippen LogP contribution in [0.2, 0.25) is 0 Å². The van der Waals surface area contributed by atoms with Gasteiger partial charge in [0.05, 0.1) is 5.75 Å². The Balaban J connectivity index is 2.26. The largest absolute Gasteiger partial charge is 0.477 e. The van der Waals surface area contributed by atoms with Crippen molar-refractivity contribution in [2.24, 2.45) is 0 Å². The molecule has 2 aromatic rings. The fourth-order valence-corrected chi connectivity index (χ4v) is 3.55. The lowest BCUT2D eigenvalue weighted by Crippen LogP contribution is -2.16. The molecule has 3 N–H and O–H groups in total. The number of carbonyl (C=O) groups is 1. The molecule has 6 nitrogen and oxygen atoms in total. The highest BCUT2D eigenvalue weighted by Gasteiger charge is 2.15. The minimum Gasteiger partial charge on any atom is -0.477 e. The molecule has 22 heavy (non-hydrogen) atoms. The van der Waals surface area contributed by atoms with Crippen molar-refractivity contribution in [2.75, 3.05) is 10.5 Å². The Morgan fingerprint density at radius 2 is 2.05 bits per heavy atom.